The number of hydrogen-bond donors (Lipinski definition) is 0. The van der Waals surface area contributed by atoms with Crippen molar-refractivity contribution < 1.29 is 0 Å². The van der Waals surface area contributed by atoms with Crippen LogP contribution in [0.3, 0.4) is 0 Å². The number of para-hydroxylation sites is 2. The van der Waals surface area contributed by atoms with Gasteiger partial charge in [0.15, 0.2) is 0 Å². The van der Waals surface area contributed by atoms with E-state index in [2.05, 4.69) is 168 Å². The molecule has 0 saturated carbocycles. The molecule has 196 valence electrons. The van der Waals surface area contributed by atoms with E-state index in [9.17, 15) is 0 Å². The summed E-state index contributed by atoms with van der Waals surface area (Å²) in [6.07, 6.45) is 0. The number of benzene rings is 7. The van der Waals surface area contributed by atoms with Gasteiger partial charge in [0.25, 0.3) is 0 Å². The third-order valence-corrected chi connectivity index (χ3v) is 9.26. The third-order valence-electron chi connectivity index (χ3n) is 9.26. The minimum absolute atomic E-state index is 0.381. The van der Waals surface area contributed by atoms with Gasteiger partial charge < -0.3 is 4.57 Å². The number of hydrogen-bond acceptors (Lipinski definition) is 0. The summed E-state index contributed by atoms with van der Waals surface area (Å²) in [5.74, 6) is 0. The molecule has 0 unspecified atom stereocenters. The summed E-state index contributed by atoms with van der Waals surface area (Å²) in [7, 11) is 0. The molecule has 7 aromatic carbocycles. The summed E-state index contributed by atoms with van der Waals surface area (Å²) < 4.78 is 2.41. The summed E-state index contributed by atoms with van der Waals surface area (Å²) in [5.41, 5.74) is 11.2. The van der Waals surface area contributed by atoms with E-state index in [0.29, 0.717) is 0 Å². The maximum atomic E-state index is 2.41. The zero-order chi connectivity index (χ0) is 27.7. The Morgan fingerprint density at radius 2 is 0.976 bits per heavy atom. The first-order chi connectivity index (χ1) is 20.9. The van der Waals surface area contributed by atoms with Gasteiger partial charge in [-0.25, -0.2) is 0 Å². The van der Waals surface area contributed by atoms with Gasteiger partial charge in [-0.3, -0.25) is 0 Å². The lowest BCUT2D eigenvalue weighted by molar-refractivity contribution is 0.769. The Morgan fingerprint density at radius 3 is 1.64 bits per heavy atom. The molecule has 0 atom stereocenters. The Labute approximate surface area is 244 Å². The molecule has 0 bridgehead atoms. The SMILES string of the molecule is c1ccc(C2(c3ccccc3)c3ccccc3-c3c2ccc2cc(-n4c5ccccc5c5ccccc54)ccc32)cc1. The van der Waals surface area contributed by atoms with E-state index < -0.39 is 0 Å². The molecule has 8 aromatic rings. The highest BCUT2D eigenvalue weighted by Gasteiger charge is 2.46. The second-order valence-electron chi connectivity index (χ2n) is 11.3. The fourth-order valence-electron chi connectivity index (χ4n) is 7.60. The van der Waals surface area contributed by atoms with Crippen LogP contribution >= 0.6 is 0 Å². The minimum Gasteiger partial charge on any atom is -0.309 e. The molecule has 0 aliphatic heterocycles. The monoisotopic (exact) mass is 533 g/mol. The average molecular weight is 534 g/mol. The molecular formula is C41H27N. The van der Waals surface area contributed by atoms with E-state index in [1.54, 1.807) is 0 Å². The molecule has 0 radical (unpaired) electrons. The van der Waals surface area contributed by atoms with Crippen molar-refractivity contribution in [3.8, 4) is 16.8 Å². The molecule has 0 spiro atoms. The van der Waals surface area contributed by atoms with Crippen molar-refractivity contribution in [1.82, 2.24) is 4.57 Å². The Balaban J connectivity index is 1.35. The van der Waals surface area contributed by atoms with E-state index in [-0.39, 0.29) is 5.41 Å². The van der Waals surface area contributed by atoms with Crippen molar-refractivity contribution in [3.05, 3.63) is 186 Å². The van der Waals surface area contributed by atoms with Gasteiger partial charge in [0.05, 0.1) is 16.4 Å². The smallest absolute Gasteiger partial charge is 0.0713 e. The van der Waals surface area contributed by atoms with Crippen molar-refractivity contribution in [1.29, 1.82) is 0 Å². The van der Waals surface area contributed by atoms with Crippen LogP contribution in [-0.2, 0) is 5.41 Å². The second kappa shape index (κ2) is 8.80. The standard InChI is InChI=1S/C41H27N/c1-3-13-29(14-4-1)41(30-15-5-2-6-16-30)36-20-10-7-19-35(36)40-32-25-24-31(27-28(32)23-26-37(40)41)42-38-21-11-8-17-33(38)34-18-9-12-22-39(34)42/h1-27H. The van der Waals surface area contributed by atoms with Gasteiger partial charge in [0.1, 0.15) is 0 Å². The molecule has 1 aliphatic rings. The molecule has 1 aliphatic carbocycles. The van der Waals surface area contributed by atoms with E-state index in [0.717, 1.165) is 0 Å². The van der Waals surface area contributed by atoms with Crippen LogP contribution in [-0.4, -0.2) is 4.57 Å². The van der Waals surface area contributed by atoms with Crippen LogP contribution < -0.4 is 0 Å². The van der Waals surface area contributed by atoms with Crippen molar-refractivity contribution in [2.75, 3.05) is 0 Å². The highest BCUT2D eigenvalue weighted by Crippen LogP contribution is 2.57. The van der Waals surface area contributed by atoms with Crippen molar-refractivity contribution in [2.45, 2.75) is 5.41 Å². The Morgan fingerprint density at radius 1 is 0.405 bits per heavy atom. The summed E-state index contributed by atoms with van der Waals surface area (Å²) in [6.45, 7) is 0. The molecule has 1 aromatic heterocycles. The van der Waals surface area contributed by atoms with E-state index in [1.165, 1.54) is 71.6 Å². The fraction of sp³-hybridized carbons (Fsp3) is 0.0244. The summed E-state index contributed by atoms with van der Waals surface area (Å²) in [4.78, 5) is 0. The van der Waals surface area contributed by atoms with Gasteiger partial charge in [-0.1, -0.05) is 140 Å². The van der Waals surface area contributed by atoms with E-state index in [4.69, 9.17) is 0 Å². The lowest BCUT2D eigenvalue weighted by Gasteiger charge is -2.33. The Bertz CT molecular complexity index is 2200. The molecule has 1 heterocycles. The molecular weight excluding hydrogens is 506 g/mol. The maximum absolute atomic E-state index is 2.41. The zero-order valence-corrected chi connectivity index (χ0v) is 23.0. The van der Waals surface area contributed by atoms with Gasteiger partial charge >= 0.3 is 0 Å². The van der Waals surface area contributed by atoms with Crippen LogP contribution in [0.2, 0.25) is 0 Å². The van der Waals surface area contributed by atoms with Crippen LogP contribution in [0.4, 0.5) is 0 Å². The number of rotatable bonds is 3. The predicted octanol–water partition coefficient (Wildman–Crippen LogP) is 10.3. The van der Waals surface area contributed by atoms with E-state index >= 15 is 0 Å². The Kier molecular flexibility index (Phi) is 4.88. The first kappa shape index (κ1) is 23.3. The van der Waals surface area contributed by atoms with Gasteiger partial charge in [0, 0.05) is 16.5 Å². The molecule has 0 saturated heterocycles. The highest BCUT2D eigenvalue weighted by molar-refractivity contribution is 6.10. The van der Waals surface area contributed by atoms with Gasteiger partial charge in [-0.15, -0.1) is 0 Å². The van der Waals surface area contributed by atoms with Gasteiger partial charge in [-0.05, 0) is 68.4 Å². The Hall–Kier alpha value is -5.40. The minimum atomic E-state index is -0.381. The summed E-state index contributed by atoms with van der Waals surface area (Å²) in [6, 6.07) is 60.2. The predicted molar refractivity (Wildman–Crippen MR) is 176 cm³/mol. The number of aromatic nitrogens is 1. The van der Waals surface area contributed by atoms with Crippen LogP contribution in [0.5, 0.6) is 0 Å². The van der Waals surface area contributed by atoms with Crippen LogP contribution in [0.25, 0.3) is 49.4 Å². The van der Waals surface area contributed by atoms with Gasteiger partial charge in [-0.2, -0.15) is 0 Å². The number of fused-ring (bicyclic) bond motifs is 8. The third kappa shape index (κ3) is 3.03. The molecule has 1 nitrogen and oxygen atoms in total. The van der Waals surface area contributed by atoms with Gasteiger partial charge in [0.2, 0.25) is 0 Å². The van der Waals surface area contributed by atoms with Crippen LogP contribution in [0, 0.1) is 0 Å². The highest BCUT2D eigenvalue weighted by atomic mass is 15.0. The maximum Gasteiger partial charge on any atom is 0.0713 e. The lowest BCUT2D eigenvalue weighted by Crippen LogP contribution is -2.28. The first-order valence-corrected chi connectivity index (χ1v) is 14.6. The van der Waals surface area contributed by atoms with Crippen LogP contribution in [0.15, 0.2) is 164 Å². The molecule has 9 rings (SSSR count). The summed E-state index contributed by atoms with van der Waals surface area (Å²) in [5, 5.41) is 5.11. The van der Waals surface area contributed by atoms with Crippen molar-refractivity contribution in [2.24, 2.45) is 0 Å². The normalized spacial score (nSPS) is 13.4. The molecule has 1 heteroatoms. The lowest BCUT2D eigenvalue weighted by atomic mass is 9.67. The zero-order valence-electron chi connectivity index (χ0n) is 23.0. The van der Waals surface area contributed by atoms with Crippen molar-refractivity contribution >= 4 is 32.6 Å². The second-order valence-corrected chi connectivity index (χ2v) is 11.3. The van der Waals surface area contributed by atoms with E-state index in [1.807, 2.05) is 0 Å². The molecule has 42 heavy (non-hydrogen) atoms. The largest absolute Gasteiger partial charge is 0.309 e. The first-order valence-electron chi connectivity index (χ1n) is 14.6. The van der Waals surface area contributed by atoms with Crippen molar-refractivity contribution in [3.63, 3.8) is 0 Å². The fourth-order valence-corrected chi connectivity index (χ4v) is 7.60. The molecule has 0 fully saturated rings. The summed E-state index contributed by atoms with van der Waals surface area (Å²) >= 11 is 0. The molecule has 0 amide bonds. The van der Waals surface area contributed by atoms with Crippen LogP contribution in [0.1, 0.15) is 22.3 Å². The quantitative estimate of drug-likeness (QED) is 0.213. The average Bonchev–Trinajstić information content (AvgIpc) is 3.57. The molecule has 0 N–H and O–H groups in total. The topological polar surface area (TPSA) is 4.93 Å². The number of nitrogens with zero attached hydrogens (tertiary/aromatic N) is 1.